The Morgan fingerprint density at radius 2 is 1.81 bits per heavy atom. The van der Waals surface area contributed by atoms with Crippen molar-refractivity contribution in [3.05, 3.63) is 62.6 Å². The molecule has 0 N–H and O–H groups in total. The molecule has 1 atom stereocenters. The summed E-state index contributed by atoms with van der Waals surface area (Å²) in [5.41, 5.74) is 6.91. The SMILES string of the molecule is Brc1cc2c(c(C(Br)c3ccc4c(c3)CCC4)c1)OCC2. The Labute approximate surface area is 142 Å². The maximum atomic E-state index is 5.87. The van der Waals surface area contributed by atoms with Crippen molar-refractivity contribution in [2.24, 2.45) is 0 Å². The molecule has 2 aromatic carbocycles. The van der Waals surface area contributed by atoms with E-state index >= 15 is 0 Å². The molecule has 0 amide bonds. The number of ether oxygens (including phenoxy) is 1. The van der Waals surface area contributed by atoms with E-state index in [9.17, 15) is 0 Å². The summed E-state index contributed by atoms with van der Waals surface area (Å²) < 4.78 is 7.00. The first kappa shape index (κ1) is 13.8. The third-order valence-corrected chi connectivity index (χ3v) is 5.95. The smallest absolute Gasteiger partial charge is 0.127 e. The largest absolute Gasteiger partial charge is 0.493 e. The van der Waals surface area contributed by atoms with Crippen LogP contribution in [0.25, 0.3) is 0 Å². The van der Waals surface area contributed by atoms with Gasteiger partial charge in [0.1, 0.15) is 5.75 Å². The van der Waals surface area contributed by atoms with Crippen LogP contribution in [0.2, 0.25) is 0 Å². The average molecular weight is 408 g/mol. The summed E-state index contributed by atoms with van der Waals surface area (Å²) in [6.45, 7) is 0.794. The minimum absolute atomic E-state index is 0.188. The summed E-state index contributed by atoms with van der Waals surface area (Å²) in [6.07, 6.45) is 4.75. The van der Waals surface area contributed by atoms with E-state index in [1.807, 2.05) is 0 Å². The Morgan fingerprint density at radius 3 is 2.71 bits per heavy atom. The first-order chi connectivity index (χ1) is 10.2. The lowest BCUT2D eigenvalue weighted by molar-refractivity contribution is 0.354. The normalized spacial score (nSPS) is 17.2. The van der Waals surface area contributed by atoms with E-state index in [1.54, 1.807) is 0 Å². The van der Waals surface area contributed by atoms with Gasteiger partial charge in [0, 0.05) is 16.5 Å². The number of alkyl halides is 1. The van der Waals surface area contributed by atoms with Crippen LogP contribution in [0.4, 0.5) is 0 Å². The maximum Gasteiger partial charge on any atom is 0.127 e. The highest BCUT2D eigenvalue weighted by molar-refractivity contribution is 9.10. The van der Waals surface area contributed by atoms with Gasteiger partial charge in [-0.2, -0.15) is 0 Å². The van der Waals surface area contributed by atoms with Crippen LogP contribution < -0.4 is 4.74 Å². The van der Waals surface area contributed by atoms with Gasteiger partial charge in [0.15, 0.2) is 0 Å². The van der Waals surface area contributed by atoms with Crippen molar-refractivity contribution in [3.63, 3.8) is 0 Å². The predicted molar refractivity (Wildman–Crippen MR) is 92.6 cm³/mol. The van der Waals surface area contributed by atoms with Gasteiger partial charge in [-0.15, -0.1) is 0 Å². The standard InChI is InChI=1S/C18H16Br2O/c19-15-9-14-6-7-21-18(14)16(10-15)17(20)13-5-4-11-2-1-3-12(11)8-13/h4-5,8-10,17H,1-3,6-7H2. The van der Waals surface area contributed by atoms with E-state index in [4.69, 9.17) is 4.74 Å². The summed E-state index contributed by atoms with van der Waals surface area (Å²) in [4.78, 5) is 0.188. The third kappa shape index (κ3) is 2.44. The lowest BCUT2D eigenvalue weighted by atomic mass is 9.98. The monoisotopic (exact) mass is 406 g/mol. The number of rotatable bonds is 2. The van der Waals surface area contributed by atoms with Gasteiger partial charge in [-0.25, -0.2) is 0 Å². The van der Waals surface area contributed by atoms with Crippen LogP contribution in [0.5, 0.6) is 5.75 Å². The van der Waals surface area contributed by atoms with E-state index in [0.29, 0.717) is 0 Å². The molecule has 2 aliphatic rings. The summed E-state index contributed by atoms with van der Waals surface area (Å²) >= 11 is 7.52. The summed E-state index contributed by atoms with van der Waals surface area (Å²) in [7, 11) is 0. The summed E-state index contributed by atoms with van der Waals surface area (Å²) in [6, 6.07) is 11.3. The van der Waals surface area contributed by atoms with Crippen LogP contribution in [0.3, 0.4) is 0 Å². The van der Waals surface area contributed by atoms with E-state index in [-0.39, 0.29) is 4.83 Å². The number of aryl methyl sites for hydroxylation is 2. The predicted octanol–water partition coefficient (Wildman–Crippen LogP) is 5.36. The van der Waals surface area contributed by atoms with E-state index in [2.05, 4.69) is 62.2 Å². The van der Waals surface area contributed by atoms with Crippen molar-refractivity contribution in [1.29, 1.82) is 0 Å². The van der Waals surface area contributed by atoms with Gasteiger partial charge >= 0.3 is 0 Å². The molecule has 0 saturated carbocycles. The number of benzene rings is 2. The fraction of sp³-hybridized carbons (Fsp3) is 0.333. The molecule has 0 fully saturated rings. The van der Waals surface area contributed by atoms with Crippen LogP contribution in [-0.4, -0.2) is 6.61 Å². The lowest BCUT2D eigenvalue weighted by Gasteiger charge is -2.16. The zero-order valence-electron chi connectivity index (χ0n) is 11.7. The van der Waals surface area contributed by atoms with Crippen molar-refractivity contribution >= 4 is 31.9 Å². The number of fused-ring (bicyclic) bond motifs is 2. The Kier molecular flexibility index (Phi) is 3.58. The molecule has 1 aliphatic heterocycles. The highest BCUT2D eigenvalue weighted by atomic mass is 79.9. The molecule has 1 aliphatic carbocycles. The number of hydrogen-bond acceptors (Lipinski definition) is 1. The van der Waals surface area contributed by atoms with Crippen LogP contribution in [0.15, 0.2) is 34.8 Å². The van der Waals surface area contributed by atoms with E-state index in [1.165, 1.54) is 47.1 Å². The molecule has 3 heteroatoms. The quantitative estimate of drug-likeness (QED) is 0.609. The van der Waals surface area contributed by atoms with Gasteiger partial charge in [0.2, 0.25) is 0 Å². The molecule has 0 aromatic heterocycles. The van der Waals surface area contributed by atoms with Crippen molar-refractivity contribution in [1.82, 2.24) is 0 Å². The highest BCUT2D eigenvalue weighted by Crippen LogP contribution is 2.43. The molecule has 0 radical (unpaired) electrons. The van der Waals surface area contributed by atoms with Crippen LogP contribution in [0, 0.1) is 0 Å². The molecule has 2 aromatic rings. The summed E-state index contributed by atoms with van der Waals surface area (Å²) in [5, 5.41) is 0. The molecule has 21 heavy (non-hydrogen) atoms. The molecule has 0 saturated heterocycles. The van der Waals surface area contributed by atoms with Gasteiger partial charge in [-0.1, -0.05) is 50.1 Å². The van der Waals surface area contributed by atoms with Crippen molar-refractivity contribution in [3.8, 4) is 5.75 Å². The topological polar surface area (TPSA) is 9.23 Å². The molecule has 1 unspecified atom stereocenters. The minimum Gasteiger partial charge on any atom is -0.493 e. The Balaban J connectivity index is 1.77. The second-order valence-electron chi connectivity index (χ2n) is 5.83. The maximum absolute atomic E-state index is 5.87. The first-order valence-corrected chi connectivity index (χ1v) is 9.14. The van der Waals surface area contributed by atoms with Crippen LogP contribution in [0.1, 0.15) is 39.1 Å². The van der Waals surface area contributed by atoms with Crippen molar-refractivity contribution in [2.75, 3.05) is 6.61 Å². The molecular weight excluding hydrogens is 392 g/mol. The molecule has 4 rings (SSSR count). The molecule has 1 nitrogen and oxygen atoms in total. The highest BCUT2D eigenvalue weighted by Gasteiger charge is 2.23. The second-order valence-corrected chi connectivity index (χ2v) is 7.66. The number of hydrogen-bond donors (Lipinski definition) is 0. The zero-order chi connectivity index (χ0) is 14.4. The minimum atomic E-state index is 0.188. The molecule has 0 bridgehead atoms. The van der Waals surface area contributed by atoms with E-state index in [0.717, 1.165) is 23.2 Å². The Hall–Kier alpha value is -0.800. The Morgan fingerprint density at radius 1 is 0.952 bits per heavy atom. The van der Waals surface area contributed by atoms with Crippen LogP contribution in [-0.2, 0) is 19.3 Å². The van der Waals surface area contributed by atoms with Crippen LogP contribution >= 0.6 is 31.9 Å². The second kappa shape index (κ2) is 5.44. The van der Waals surface area contributed by atoms with Gasteiger partial charge in [-0.05, 0) is 53.6 Å². The lowest BCUT2D eigenvalue weighted by Crippen LogP contribution is -1.98. The molecule has 0 spiro atoms. The zero-order valence-corrected chi connectivity index (χ0v) is 14.8. The first-order valence-electron chi connectivity index (χ1n) is 7.43. The summed E-state index contributed by atoms with van der Waals surface area (Å²) in [5.74, 6) is 1.07. The van der Waals surface area contributed by atoms with Gasteiger partial charge in [0.25, 0.3) is 0 Å². The van der Waals surface area contributed by atoms with E-state index < -0.39 is 0 Å². The molecular formula is C18H16Br2O. The van der Waals surface area contributed by atoms with Crippen molar-refractivity contribution < 1.29 is 4.74 Å². The number of halogens is 2. The fourth-order valence-corrected chi connectivity index (χ4v) is 4.56. The van der Waals surface area contributed by atoms with Crippen molar-refractivity contribution in [2.45, 2.75) is 30.5 Å². The van der Waals surface area contributed by atoms with Gasteiger partial charge in [0.05, 0.1) is 11.4 Å². The molecule has 1 heterocycles. The Bertz CT molecular complexity index is 709. The third-order valence-electron chi connectivity index (χ3n) is 4.47. The average Bonchev–Trinajstić information content (AvgIpc) is 3.12. The van der Waals surface area contributed by atoms with Gasteiger partial charge in [-0.3, -0.25) is 0 Å². The molecule has 108 valence electrons. The fourth-order valence-electron chi connectivity index (χ4n) is 3.42. The van der Waals surface area contributed by atoms with Gasteiger partial charge < -0.3 is 4.74 Å².